The zero-order valence-corrected chi connectivity index (χ0v) is 9.91. The summed E-state index contributed by atoms with van der Waals surface area (Å²) in [6.07, 6.45) is 4.21. The number of amides is 1. The summed E-state index contributed by atoms with van der Waals surface area (Å²) < 4.78 is 4.82. The lowest BCUT2D eigenvalue weighted by atomic mass is 10.1. The summed E-state index contributed by atoms with van der Waals surface area (Å²) in [5.74, 6) is -1.02. The van der Waals surface area contributed by atoms with Gasteiger partial charge in [-0.2, -0.15) is 0 Å². The third-order valence-electron chi connectivity index (χ3n) is 2.65. The van der Waals surface area contributed by atoms with Gasteiger partial charge in [-0.15, -0.1) is 0 Å². The third-order valence-corrected chi connectivity index (χ3v) is 2.65. The standard InChI is InChI=1S/C11H20N2O4/c14-10(15)8-17-7-6-13-11(16)9-4-2-1-3-5-12-9/h9,12H,1-8H2,(H,13,16)(H,14,15). The number of carboxylic acid groups (broad SMARTS) is 1. The number of carbonyl (C=O) groups excluding carboxylic acids is 1. The first-order valence-electron chi connectivity index (χ1n) is 6.01. The van der Waals surface area contributed by atoms with E-state index in [1.165, 1.54) is 6.42 Å². The molecule has 0 aromatic carbocycles. The number of ether oxygens (including phenoxy) is 1. The largest absolute Gasteiger partial charge is 0.480 e. The van der Waals surface area contributed by atoms with Crippen molar-refractivity contribution in [2.45, 2.75) is 31.7 Å². The van der Waals surface area contributed by atoms with E-state index in [2.05, 4.69) is 10.6 Å². The van der Waals surface area contributed by atoms with E-state index in [1.54, 1.807) is 0 Å². The molecular weight excluding hydrogens is 224 g/mol. The average Bonchev–Trinajstić information content (AvgIpc) is 2.56. The van der Waals surface area contributed by atoms with Gasteiger partial charge in [0.05, 0.1) is 12.6 Å². The zero-order chi connectivity index (χ0) is 12.5. The van der Waals surface area contributed by atoms with Crippen molar-refractivity contribution in [3.63, 3.8) is 0 Å². The van der Waals surface area contributed by atoms with Gasteiger partial charge in [0.2, 0.25) is 5.91 Å². The fraction of sp³-hybridized carbons (Fsp3) is 0.818. The Bertz CT molecular complexity index is 250. The van der Waals surface area contributed by atoms with Crippen LogP contribution in [0.5, 0.6) is 0 Å². The normalized spacial score (nSPS) is 20.6. The topological polar surface area (TPSA) is 87.7 Å². The number of rotatable bonds is 6. The highest BCUT2D eigenvalue weighted by atomic mass is 16.5. The smallest absolute Gasteiger partial charge is 0.329 e. The van der Waals surface area contributed by atoms with Crippen molar-refractivity contribution in [3.05, 3.63) is 0 Å². The molecule has 1 heterocycles. The zero-order valence-electron chi connectivity index (χ0n) is 9.91. The lowest BCUT2D eigenvalue weighted by molar-refractivity contribution is -0.142. The monoisotopic (exact) mass is 244 g/mol. The van der Waals surface area contributed by atoms with Crippen LogP contribution < -0.4 is 10.6 Å². The Kier molecular flexibility index (Phi) is 6.57. The predicted octanol–water partition coefficient (Wildman–Crippen LogP) is -0.264. The number of carboxylic acids is 1. The van der Waals surface area contributed by atoms with Crippen LogP contribution >= 0.6 is 0 Å². The molecular formula is C11H20N2O4. The second-order valence-corrected chi connectivity index (χ2v) is 4.09. The molecule has 0 saturated carbocycles. The Morgan fingerprint density at radius 2 is 2.18 bits per heavy atom. The van der Waals surface area contributed by atoms with Gasteiger partial charge in [0.25, 0.3) is 0 Å². The molecule has 0 radical (unpaired) electrons. The first-order chi connectivity index (χ1) is 8.20. The molecule has 1 rings (SSSR count). The van der Waals surface area contributed by atoms with Crippen LogP contribution in [-0.2, 0) is 14.3 Å². The van der Waals surface area contributed by atoms with Gasteiger partial charge < -0.3 is 20.5 Å². The van der Waals surface area contributed by atoms with Gasteiger partial charge in [-0.1, -0.05) is 12.8 Å². The Hall–Kier alpha value is -1.14. The molecule has 1 amide bonds. The van der Waals surface area contributed by atoms with Gasteiger partial charge in [-0.05, 0) is 19.4 Å². The van der Waals surface area contributed by atoms with Crippen molar-refractivity contribution in [2.75, 3.05) is 26.3 Å². The van der Waals surface area contributed by atoms with Crippen LogP contribution in [0, 0.1) is 0 Å². The Labute approximate surface area is 101 Å². The molecule has 1 unspecified atom stereocenters. The molecule has 0 aliphatic carbocycles. The maximum Gasteiger partial charge on any atom is 0.329 e. The van der Waals surface area contributed by atoms with Crippen LogP contribution in [0.25, 0.3) is 0 Å². The van der Waals surface area contributed by atoms with E-state index in [1.807, 2.05) is 0 Å². The first-order valence-corrected chi connectivity index (χ1v) is 6.01. The minimum atomic E-state index is -0.998. The maximum absolute atomic E-state index is 11.7. The van der Waals surface area contributed by atoms with Crippen LogP contribution in [-0.4, -0.2) is 49.3 Å². The van der Waals surface area contributed by atoms with E-state index in [-0.39, 0.29) is 25.2 Å². The maximum atomic E-state index is 11.7. The van der Waals surface area contributed by atoms with Gasteiger partial charge in [0.1, 0.15) is 6.61 Å². The summed E-state index contributed by atoms with van der Waals surface area (Å²) in [6, 6.07) is -0.114. The Balaban J connectivity index is 2.09. The molecule has 1 fully saturated rings. The van der Waals surface area contributed by atoms with Gasteiger partial charge in [-0.3, -0.25) is 4.79 Å². The van der Waals surface area contributed by atoms with Crippen LogP contribution in [0.1, 0.15) is 25.7 Å². The van der Waals surface area contributed by atoms with E-state index >= 15 is 0 Å². The minimum absolute atomic E-state index is 0.0224. The molecule has 1 atom stereocenters. The van der Waals surface area contributed by atoms with Crippen molar-refractivity contribution in [1.82, 2.24) is 10.6 Å². The van der Waals surface area contributed by atoms with Gasteiger partial charge >= 0.3 is 5.97 Å². The highest BCUT2D eigenvalue weighted by molar-refractivity contribution is 5.81. The van der Waals surface area contributed by atoms with Crippen molar-refractivity contribution in [3.8, 4) is 0 Å². The van der Waals surface area contributed by atoms with Crippen molar-refractivity contribution in [1.29, 1.82) is 0 Å². The summed E-state index contributed by atoms with van der Waals surface area (Å²) in [5.41, 5.74) is 0. The molecule has 98 valence electrons. The molecule has 0 aromatic heterocycles. The third kappa shape index (κ3) is 6.23. The molecule has 0 spiro atoms. The number of nitrogens with one attached hydrogen (secondary N) is 2. The van der Waals surface area contributed by atoms with Crippen LogP contribution in [0.2, 0.25) is 0 Å². The first kappa shape index (κ1) is 13.9. The van der Waals surface area contributed by atoms with Crippen molar-refractivity contribution in [2.24, 2.45) is 0 Å². The number of hydrogen-bond donors (Lipinski definition) is 3. The van der Waals surface area contributed by atoms with Crippen LogP contribution in [0.15, 0.2) is 0 Å². The van der Waals surface area contributed by atoms with Crippen molar-refractivity contribution >= 4 is 11.9 Å². The minimum Gasteiger partial charge on any atom is -0.480 e. The summed E-state index contributed by atoms with van der Waals surface area (Å²) in [6.45, 7) is 1.14. The number of hydrogen-bond acceptors (Lipinski definition) is 4. The SMILES string of the molecule is O=C(O)COCCNC(=O)C1CCCCCN1. The average molecular weight is 244 g/mol. The van der Waals surface area contributed by atoms with Gasteiger partial charge in [0.15, 0.2) is 0 Å². The highest BCUT2D eigenvalue weighted by Crippen LogP contribution is 2.08. The van der Waals surface area contributed by atoms with Crippen molar-refractivity contribution < 1.29 is 19.4 Å². The number of carbonyl (C=O) groups is 2. The molecule has 6 heteroatoms. The second kappa shape index (κ2) is 8.03. The molecule has 1 aliphatic heterocycles. The van der Waals surface area contributed by atoms with E-state index < -0.39 is 5.97 Å². The molecule has 0 bridgehead atoms. The summed E-state index contributed by atoms with van der Waals surface area (Å²) in [5, 5.41) is 14.3. The predicted molar refractivity (Wildman–Crippen MR) is 61.7 cm³/mol. The number of aliphatic carboxylic acids is 1. The summed E-state index contributed by atoms with van der Waals surface area (Å²) >= 11 is 0. The fourth-order valence-corrected chi connectivity index (χ4v) is 1.78. The fourth-order valence-electron chi connectivity index (χ4n) is 1.78. The van der Waals surface area contributed by atoms with E-state index in [0.717, 1.165) is 25.8 Å². The summed E-state index contributed by atoms with van der Waals surface area (Å²) in [7, 11) is 0. The molecule has 1 saturated heterocycles. The Morgan fingerprint density at radius 3 is 2.94 bits per heavy atom. The van der Waals surface area contributed by atoms with Crippen LogP contribution in [0.3, 0.4) is 0 Å². The van der Waals surface area contributed by atoms with E-state index in [0.29, 0.717) is 6.54 Å². The van der Waals surface area contributed by atoms with E-state index in [9.17, 15) is 9.59 Å². The Morgan fingerprint density at radius 1 is 1.35 bits per heavy atom. The molecule has 17 heavy (non-hydrogen) atoms. The molecule has 0 aromatic rings. The molecule has 1 aliphatic rings. The highest BCUT2D eigenvalue weighted by Gasteiger charge is 2.18. The van der Waals surface area contributed by atoms with Gasteiger partial charge in [-0.25, -0.2) is 4.79 Å². The second-order valence-electron chi connectivity index (χ2n) is 4.09. The lowest BCUT2D eigenvalue weighted by Gasteiger charge is -2.15. The molecule has 6 nitrogen and oxygen atoms in total. The summed E-state index contributed by atoms with van der Waals surface area (Å²) in [4.78, 5) is 21.9. The van der Waals surface area contributed by atoms with Gasteiger partial charge in [0, 0.05) is 6.54 Å². The van der Waals surface area contributed by atoms with Crippen LogP contribution in [0.4, 0.5) is 0 Å². The molecule has 3 N–H and O–H groups in total. The quantitative estimate of drug-likeness (QED) is 0.560. The lowest BCUT2D eigenvalue weighted by Crippen LogP contribution is -2.44. The van der Waals surface area contributed by atoms with E-state index in [4.69, 9.17) is 9.84 Å².